The third kappa shape index (κ3) is 4.17. The van der Waals surface area contributed by atoms with Crippen LogP contribution in [0.1, 0.15) is 5.56 Å². The van der Waals surface area contributed by atoms with Crippen molar-refractivity contribution in [2.45, 2.75) is 0 Å². The highest BCUT2D eigenvalue weighted by molar-refractivity contribution is 6.07. The molecular formula is C13H17FN3O2+. The Bertz CT molecular complexity index is 547. The minimum Gasteiger partial charge on any atom is -0.383 e. The molecule has 0 spiro atoms. The standard InChI is InChI=1S/C13H17FN3O2/c1-15(2)8-10(9-16(3)4)12-6-5-11(17(18)19)7-13(12)14/h5-9H,1-4H3/q+1. The van der Waals surface area contributed by atoms with Gasteiger partial charge >= 0.3 is 0 Å². The van der Waals surface area contributed by atoms with Crippen LogP contribution in [0.15, 0.2) is 24.4 Å². The highest BCUT2D eigenvalue weighted by Crippen LogP contribution is 2.22. The third-order valence-electron chi connectivity index (χ3n) is 2.27. The molecule has 0 saturated carbocycles. The summed E-state index contributed by atoms with van der Waals surface area (Å²) in [5, 5.41) is 10.6. The van der Waals surface area contributed by atoms with Crippen LogP contribution in [-0.2, 0) is 0 Å². The molecule has 102 valence electrons. The first-order chi connectivity index (χ1) is 8.81. The van der Waals surface area contributed by atoms with Gasteiger partial charge in [-0.05, 0) is 6.07 Å². The van der Waals surface area contributed by atoms with Crippen LogP contribution in [0.25, 0.3) is 5.57 Å². The molecule has 0 saturated heterocycles. The highest BCUT2D eigenvalue weighted by Gasteiger charge is 2.14. The van der Waals surface area contributed by atoms with Gasteiger partial charge in [-0.3, -0.25) is 10.1 Å². The van der Waals surface area contributed by atoms with E-state index in [1.54, 1.807) is 21.9 Å². The van der Waals surface area contributed by atoms with Crippen molar-refractivity contribution in [3.63, 3.8) is 0 Å². The predicted molar refractivity (Wildman–Crippen MR) is 72.9 cm³/mol. The Morgan fingerprint density at radius 2 is 2.00 bits per heavy atom. The Labute approximate surface area is 111 Å². The number of benzene rings is 1. The second-order valence-electron chi connectivity index (χ2n) is 4.56. The first-order valence-corrected chi connectivity index (χ1v) is 5.65. The number of hydrogen-bond donors (Lipinski definition) is 0. The second kappa shape index (κ2) is 6.08. The predicted octanol–water partition coefficient (Wildman–Crippen LogP) is 1.98. The number of allylic oxidation sites excluding steroid dienone is 1. The molecule has 0 aliphatic rings. The van der Waals surface area contributed by atoms with Crippen LogP contribution in [0.3, 0.4) is 0 Å². The van der Waals surface area contributed by atoms with Gasteiger partial charge in [-0.2, -0.15) is 0 Å². The van der Waals surface area contributed by atoms with Gasteiger partial charge in [0.1, 0.15) is 19.9 Å². The molecule has 1 rings (SSSR count). The fraction of sp³-hybridized carbons (Fsp3) is 0.308. The Morgan fingerprint density at radius 3 is 2.42 bits per heavy atom. The molecule has 19 heavy (non-hydrogen) atoms. The molecule has 6 heteroatoms. The normalized spacial score (nSPS) is 11.1. The maximum Gasteiger partial charge on any atom is 0.272 e. The lowest BCUT2D eigenvalue weighted by atomic mass is 10.1. The SMILES string of the molecule is CN(C)/C=C(/C=[N+](C)C)c1ccc([N+](=O)[O-])cc1F. The van der Waals surface area contributed by atoms with Crippen molar-refractivity contribution in [1.29, 1.82) is 0 Å². The zero-order valence-corrected chi connectivity index (χ0v) is 11.4. The third-order valence-corrected chi connectivity index (χ3v) is 2.27. The van der Waals surface area contributed by atoms with E-state index in [0.29, 0.717) is 11.1 Å². The smallest absolute Gasteiger partial charge is 0.272 e. The molecule has 0 bridgehead atoms. The Morgan fingerprint density at radius 1 is 1.37 bits per heavy atom. The van der Waals surface area contributed by atoms with E-state index in [1.165, 1.54) is 12.1 Å². The maximum atomic E-state index is 14.0. The van der Waals surface area contributed by atoms with Crippen LogP contribution < -0.4 is 0 Å². The molecular weight excluding hydrogens is 249 g/mol. The molecule has 0 heterocycles. The number of nitro benzene ring substituents is 1. The van der Waals surface area contributed by atoms with E-state index in [1.807, 2.05) is 28.2 Å². The molecule has 5 nitrogen and oxygen atoms in total. The van der Waals surface area contributed by atoms with Gasteiger partial charge in [0.25, 0.3) is 5.69 Å². The maximum absolute atomic E-state index is 14.0. The number of hydrogen-bond acceptors (Lipinski definition) is 3. The topological polar surface area (TPSA) is 49.4 Å². The lowest BCUT2D eigenvalue weighted by Crippen LogP contribution is -2.08. The molecule has 0 unspecified atom stereocenters. The van der Waals surface area contributed by atoms with Crippen molar-refractivity contribution in [3.8, 4) is 0 Å². The quantitative estimate of drug-likeness (QED) is 0.362. The molecule has 0 aliphatic carbocycles. The van der Waals surface area contributed by atoms with Gasteiger partial charge in [0, 0.05) is 31.9 Å². The summed E-state index contributed by atoms with van der Waals surface area (Å²) in [4.78, 5) is 11.8. The van der Waals surface area contributed by atoms with Crippen LogP contribution >= 0.6 is 0 Å². The van der Waals surface area contributed by atoms with Crippen LogP contribution in [-0.4, -0.2) is 48.8 Å². The summed E-state index contributed by atoms with van der Waals surface area (Å²) >= 11 is 0. The van der Waals surface area contributed by atoms with Gasteiger partial charge in [0.05, 0.1) is 16.6 Å². The molecule has 0 fully saturated rings. The molecule has 0 N–H and O–H groups in total. The number of halogens is 1. The van der Waals surface area contributed by atoms with Crippen molar-refractivity contribution in [2.24, 2.45) is 0 Å². The Kier molecular flexibility index (Phi) is 4.74. The van der Waals surface area contributed by atoms with E-state index < -0.39 is 10.7 Å². The highest BCUT2D eigenvalue weighted by atomic mass is 19.1. The van der Waals surface area contributed by atoms with Gasteiger partial charge in [-0.25, -0.2) is 8.97 Å². The fourth-order valence-corrected chi connectivity index (χ4v) is 1.58. The van der Waals surface area contributed by atoms with Crippen molar-refractivity contribution >= 4 is 17.5 Å². The molecule has 0 radical (unpaired) electrons. The first kappa shape index (κ1) is 14.8. The summed E-state index contributed by atoms with van der Waals surface area (Å²) in [5.74, 6) is -0.611. The summed E-state index contributed by atoms with van der Waals surface area (Å²) < 4.78 is 15.7. The van der Waals surface area contributed by atoms with E-state index in [0.717, 1.165) is 6.07 Å². The lowest BCUT2D eigenvalue weighted by Gasteiger charge is -2.08. The van der Waals surface area contributed by atoms with Crippen molar-refractivity contribution < 1.29 is 13.9 Å². The number of nitro groups is 1. The molecule has 0 atom stereocenters. The van der Waals surface area contributed by atoms with Gasteiger partial charge in [0.15, 0.2) is 6.21 Å². The van der Waals surface area contributed by atoms with E-state index >= 15 is 0 Å². The van der Waals surface area contributed by atoms with Gasteiger partial charge in [0.2, 0.25) is 0 Å². The van der Waals surface area contributed by atoms with Crippen molar-refractivity contribution in [1.82, 2.24) is 4.90 Å². The summed E-state index contributed by atoms with van der Waals surface area (Å²) in [6, 6.07) is 3.65. The molecule has 0 aliphatic heterocycles. The average Bonchev–Trinajstić information content (AvgIpc) is 2.26. The summed E-state index contributed by atoms with van der Waals surface area (Å²) in [6.45, 7) is 0. The molecule has 1 aromatic rings. The Balaban J connectivity index is 3.32. The lowest BCUT2D eigenvalue weighted by molar-refractivity contribution is -0.458. The van der Waals surface area contributed by atoms with Crippen molar-refractivity contribution in [2.75, 3.05) is 28.2 Å². The summed E-state index contributed by atoms with van der Waals surface area (Å²) in [7, 11) is 7.30. The molecule has 0 amide bonds. The van der Waals surface area contributed by atoms with Crippen LogP contribution in [0.2, 0.25) is 0 Å². The summed E-state index contributed by atoms with van der Waals surface area (Å²) in [5.41, 5.74) is 0.714. The van der Waals surface area contributed by atoms with Gasteiger partial charge in [-0.1, -0.05) is 0 Å². The molecule has 0 aromatic heterocycles. The molecule has 1 aromatic carbocycles. The minimum absolute atomic E-state index is 0.254. The minimum atomic E-state index is -0.613. The summed E-state index contributed by atoms with van der Waals surface area (Å²) in [6.07, 6.45) is 3.51. The number of rotatable bonds is 4. The second-order valence-corrected chi connectivity index (χ2v) is 4.56. The first-order valence-electron chi connectivity index (χ1n) is 5.65. The monoisotopic (exact) mass is 266 g/mol. The van der Waals surface area contributed by atoms with E-state index in [-0.39, 0.29) is 5.69 Å². The zero-order valence-electron chi connectivity index (χ0n) is 11.4. The van der Waals surface area contributed by atoms with E-state index in [4.69, 9.17) is 0 Å². The number of nitrogens with zero attached hydrogens (tertiary/aromatic N) is 3. The Hall–Kier alpha value is -2.24. The zero-order chi connectivity index (χ0) is 14.6. The number of non-ortho nitro benzene ring substituents is 1. The van der Waals surface area contributed by atoms with Gasteiger partial charge in [-0.15, -0.1) is 0 Å². The van der Waals surface area contributed by atoms with Crippen LogP contribution in [0.4, 0.5) is 10.1 Å². The average molecular weight is 266 g/mol. The van der Waals surface area contributed by atoms with E-state index in [2.05, 4.69) is 0 Å². The van der Waals surface area contributed by atoms with Crippen LogP contribution in [0.5, 0.6) is 0 Å². The van der Waals surface area contributed by atoms with Crippen LogP contribution in [0, 0.1) is 15.9 Å². The van der Waals surface area contributed by atoms with Crippen molar-refractivity contribution in [3.05, 3.63) is 45.9 Å². The largest absolute Gasteiger partial charge is 0.383 e. The fourth-order valence-electron chi connectivity index (χ4n) is 1.58. The van der Waals surface area contributed by atoms with Gasteiger partial charge < -0.3 is 4.90 Å². The van der Waals surface area contributed by atoms with E-state index in [9.17, 15) is 14.5 Å².